The minimum absolute atomic E-state index is 0.131. The lowest BCUT2D eigenvalue weighted by molar-refractivity contribution is 0.0361. The van der Waals surface area contributed by atoms with E-state index >= 15 is 0 Å². The van der Waals surface area contributed by atoms with E-state index in [0.29, 0.717) is 5.82 Å². The summed E-state index contributed by atoms with van der Waals surface area (Å²) in [5.74, 6) is 0.498. The van der Waals surface area contributed by atoms with Crippen LogP contribution in [0.2, 0.25) is 0 Å². The molecule has 0 fully saturated rings. The van der Waals surface area contributed by atoms with Crippen LogP contribution in [0.3, 0.4) is 0 Å². The van der Waals surface area contributed by atoms with Gasteiger partial charge in [0, 0.05) is 19.0 Å². The summed E-state index contributed by atoms with van der Waals surface area (Å²) in [6.45, 7) is 9.49. The van der Waals surface area contributed by atoms with Crippen molar-refractivity contribution in [2.75, 3.05) is 13.6 Å². The summed E-state index contributed by atoms with van der Waals surface area (Å²) in [7, 11) is 1.62. The van der Waals surface area contributed by atoms with Crippen LogP contribution >= 0.6 is 0 Å². The molecule has 1 aromatic rings. The van der Waals surface area contributed by atoms with Crippen molar-refractivity contribution in [1.82, 2.24) is 20.1 Å². The number of amides is 1. The molecule has 18 heavy (non-hydrogen) atoms. The van der Waals surface area contributed by atoms with Crippen LogP contribution in [0.25, 0.3) is 0 Å². The third-order valence-electron chi connectivity index (χ3n) is 2.36. The maximum absolute atomic E-state index is 12.0. The van der Waals surface area contributed by atoms with Crippen LogP contribution in [0.1, 0.15) is 51.1 Å². The van der Waals surface area contributed by atoms with Crippen molar-refractivity contribution in [3.05, 3.63) is 11.6 Å². The van der Waals surface area contributed by atoms with Gasteiger partial charge in [0.05, 0.1) is 5.60 Å². The van der Waals surface area contributed by atoms with E-state index in [0.717, 1.165) is 0 Å². The normalized spacial score (nSPS) is 12.6. The number of hydrogen-bond acceptors (Lipinski definition) is 4. The number of carbonyl (C=O) groups is 1. The average Bonchev–Trinajstić information content (AvgIpc) is 2.61. The number of nitrogens with one attached hydrogen (secondary N) is 1. The Morgan fingerprint density at radius 3 is 2.28 bits per heavy atom. The fourth-order valence-corrected chi connectivity index (χ4v) is 1.52. The van der Waals surface area contributed by atoms with Gasteiger partial charge in [-0.05, 0) is 13.8 Å². The molecular formula is C12H22N4O2. The van der Waals surface area contributed by atoms with E-state index in [2.05, 4.69) is 15.2 Å². The molecule has 0 bridgehead atoms. The number of likely N-dealkylation sites (N-methyl/N-ethyl adjacent to an activating group) is 1. The van der Waals surface area contributed by atoms with Crippen molar-refractivity contribution in [3.63, 3.8) is 0 Å². The van der Waals surface area contributed by atoms with Gasteiger partial charge in [0.15, 0.2) is 0 Å². The van der Waals surface area contributed by atoms with Gasteiger partial charge in [-0.2, -0.15) is 0 Å². The number of nitrogens with zero attached hydrogens (tertiary/aromatic N) is 3. The topological polar surface area (TPSA) is 82.1 Å². The zero-order valence-electron chi connectivity index (χ0n) is 11.9. The fraction of sp³-hybridized carbons (Fsp3) is 0.750. The van der Waals surface area contributed by atoms with Crippen molar-refractivity contribution in [2.45, 2.75) is 45.6 Å². The van der Waals surface area contributed by atoms with Gasteiger partial charge in [0.1, 0.15) is 5.82 Å². The Bertz CT molecular complexity index is 426. The molecule has 1 heterocycles. The van der Waals surface area contributed by atoms with Gasteiger partial charge in [-0.15, -0.1) is 5.10 Å². The van der Waals surface area contributed by atoms with Gasteiger partial charge in [-0.3, -0.25) is 9.89 Å². The van der Waals surface area contributed by atoms with Gasteiger partial charge in [0.2, 0.25) is 5.82 Å². The summed E-state index contributed by atoms with van der Waals surface area (Å²) in [6, 6.07) is 0. The molecule has 0 spiro atoms. The summed E-state index contributed by atoms with van der Waals surface area (Å²) in [5.41, 5.74) is -1.12. The second-order valence-electron chi connectivity index (χ2n) is 6.23. The van der Waals surface area contributed by atoms with E-state index in [-0.39, 0.29) is 23.7 Å². The standard InChI is InChI=1S/C12H22N4O2/c1-11(2,3)10-13-8(14-15-10)9(17)16(6)7-12(4,5)18/h18H,7H2,1-6H3,(H,13,14,15). The fourth-order valence-electron chi connectivity index (χ4n) is 1.52. The first-order valence-corrected chi connectivity index (χ1v) is 5.91. The van der Waals surface area contributed by atoms with E-state index in [9.17, 15) is 9.90 Å². The summed E-state index contributed by atoms with van der Waals surface area (Å²) in [5, 5.41) is 16.4. The van der Waals surface area contributed by atoms with Crippen LogP contribution in [0.15, 0.2) is 0 Å². The second-order valence-corrected chi connectivity index (χ2v) is 6.23. The molecule has 6 nitrogen and oxygen atoms in total. The Kier molecular flexibility index (Phi) is 3.81. The molecule has 2 N–H and O–H groups in total. The lowest BCUT2D eigenvalue weighted by Crippen LogP contribution is -2.40. The molecule has 0 saturated carbocycles. The third-order valence-corrected chi connectivity index (χ3v) is 2.36. The van der Waals surface area contributed by atoms with Crippen molar-refractivity contribution in [2.24, 2.45) is 0 Å². The molecule has 0 aliphatic rings. The number of hydrogen-bond donors (Lipinski definition) is 2. The summed E-state index contributed by atoms with van der Waals surface area (Å²) in [4.78, 5) is 17.6. The molecule has 1 aromatic heterocycles. The van der Waals surface area contributed by atoms with E-state index in [4.69, 9.17) is 0 Å². The molecule has 0 aromatic carbocycles. The highest BCUT2D eigenvalue weighted by atomic mass is 16.3. The monoisotopic (exact) mass is 254 g/mol. The Morgan fingerprint density at radius 2 is 1.89 bits per heavy atom. The van der Waals surface area contributed by atoms with Crippen LogP contribution in [0, 0.1) is 0 Å². The Balaban J connectivity index is 2.82. The van der Waals surface area contributed by atoms with Gasteiger partial charge < -0.3 is 10.0 Å². The van der Waals surface area contributed by atoms with Crippen molar-refractivity contribution >= 4 is 5.91 Å². The number of aliphatic hydroxyl groups is 1. The number of carbonyl (C=O) groups excluding carboxylic acids is 1. The summed E-state index contributed by atoms with van der Waals surface area (Å²) < 4.78 is 0. The highest BCUT2D eigenvalue weighted by molar-refractivity contribution is 5.90. The van der Waals surface area contributed by atoms with E-state index in [1.165, 1.54) is 4.90 Å². The van der Waals surface area contributed by atoms with Crippen molar-refractivity contribution < 1.29 is 9.90 Å². The van der Waals surface area contributed by atoms with Crippen LogP contribution < -0.4 is 0 Å². The first-order valence-electron chi connectivity index (χ1n) is 5.91. The molecule has 0 radical (unpaired) electrons. The summed E-state index contributed by atoms with van der Waals surface area (Å²) in [6.07, 6.45) is 0. The lowest BCUT2D eigenvalue weighted by Gasteiger charge is -2.24. The number of aromatic amines is 1. The van der Waals surface area contributed by atoms with Gasteiger partial charge in [-0.1, -0.05) is 20.8 Å². The quantitative estimate of drug-likeness (QED) is 0.841. The Morgan fingerprint density at radius 1 is 1.33 bits per heavy atom. The van der Waals surface area contributed by atoms with Crippen molar-refractivity contribution in [3.8, 4) is 0 Å². The predicted octanol–water partition coefficient (Wildman–Crippen LogP) is 0.945. The Hall–Kier alpha value is -1.43. The zero-order valence-corrected chi connectivity index (χ0v) is 11.9. The second kappa shape index (κ2) is 4.68. The molecule has 0 aliphatic carbocycles. The number of H-pyrrole nitrogens is 1. The smallest absolute Gasteiger partial charge is 0.293 e. The van der Waals surface area contributed by atoms with Crippen LogP contribution in [-0.2, 0) is 5.41 Å². The zero-order chi connectivity index (χ0) is 14.1. The lowest BCUT2D eigenvalue weighted by atomic mass is 9.96. The van der Waals surface area contributed by atoms with Crippen LogP contribution in [0.5, 0.6) is 0 Å². The number of aromatic nitrogens is 3. The third kappa shape index (κ3) is 3.80. The predicted molar refractivity (Wildman–Crippen MR) is 68.3 cm³/mol. The Labute approximate surface area is 107 Å². The SMILES string of the molecule is CN(CC(C)(C)O)C(=O)c1n[nH]c(C(C)(C)C)n1. The molecule has 102 valence electrons. The van der Waals surface area contributed by atoms with E-state index in [1.807, 2.05) is 20.8 Å². The van der Waals surface area contributed by atoms with E-state index in [1.54, 1.807) is 20.9 Å². The van der Waals surface area contributed by atoms with Crippen molar-refractivity contribution in [1.29, 1.82) is 0 Å². The average molecular weight is 254 g/mol. The van der Waals surface area contributed by atoms with Gasteiger partial charge in [-0.25, -0.2) is 4.98 Å². The highest BCUT2D eigenvalue weighted by Crippen LogP contribution is 2.17. The molecule has 0 aliphatic heterocycles. The van der Waals surface area contributed by atoms with Crippen LogP contribution in [0.4, 0.5) is 0 Å². The molecule has 0 unspecified atom stereocenters. The first-order chi connectivity index (χ1) is 8.00. The summed E-state index contributed by atoms with van der Waals surface area (Å²) >= 11 is 0. The highest BCUT2D eigenvalue weighted by Gasteiger charge is 2.25. The number of rotatable bonds is 3. The first kappa shape index (κ1) is 14.6. The largest absolute Gasteiger partial charge is 0.389 e. The van der Waals surface area contributed by atoms with Gasteiger partial charge in [0.25, 0.3) is 5.91 Å². The molecule has 0 atom stereocenters. The van der Waals surface area contributed by atoms with Crippen LogP contribution in [-0.4, -0.2) is 50.3 Å². The maximum atomic E-state index is 12.0. The minimum atomic E-state index is -0.937. The molecule has 1 amide bonds. The van der Waals surface area contributed by atoms with E-state index < -0.39 is 5.60 Å². The molecule has 6 heteroatoms. The van der Waals surface area contributed by atoms with Gasteiger partial charge >= 0.3 is 0 Å². The molecule has 1 rings (SSSR count). The molecular weight excluding hydrogens is 232 g/mol. The minimum Gasteiger partial charge on any atom is -0.389 e. The molecule has 0 saturated heterocycles. The maximum Gasteiger partial charge on any atom is 0.293 e.